The molecule has 0 spiro atoms. The minimum atomic E-state index is 0.0350. The molecular weight excluding hydrogens is 286 g/mol. The number of fused-ring (bicyclic) bond motifs is 1. The number of aliphatic hydroxyl groups is 1. The van der Waals surface area contributed by atoms with Crippen LogP contribution in [0.15, 0.2) is 54.6 Å². The quantitative estimate of drug-likeness (QED) is 0.793. The van der Waals surface area contributed by atoms with Crippen LogP contribution >= 0.6 is 11.6 Å². The summed E-state index contributed by atoms with van der Waals surface area (Å²) in [4.78, 5) is 4.54. The fourth-order valence-corrected chi connectivity index (χ4v) is 2.23. The van der Waals surface area contributed by atoms with Gasteiger partial charge in [0, 0.05) is 10.4 Å². The number of pyridine rings is 1. The Morgan fingerprint density at radius 2 is 1.76 bits per heavy atom. The van der Waals surface area contributed by atoms with Crippen molar-refractivity contribution in [1.82, 2.24) is 4.98 Å². The third-order valence-corrected chi connectivity index (χ3v) is 3.44. The fraction of sp³-hybridized carbons (Fsp3) is 0.118. The maximum absolute atomic E-state index is 9.00. The number of rotatable bonds is 4. The zero-order valence-corrected chi connectivity index (χ0v) is 12.0. The van der Waals surface area contributed by atoms with E-state index in [0.717, 1.165) is 27.9 Å². The second kappa shape index (κ2) is 6.12. The monoisotopic (exact) mass is 299 g/mol. The first-order valence-electron chi connectivity index (χ1n) is 6.62. The average molecular weight is 300 g/mol. The lowest BCUT2D eigenvalue weighted by Gasteiger charge is -2.07. The van der Waals surface area contributed by atoms with Gasteiger partial charge in [-0.05, 0) is 35.9 Å². The number of aliphatic hydroxyl groups excluding tert-OH is 1. The normalized spacial score (nSPS) is 10.8. The summed E-state index contributed by atoms with van der Waals surface area (Å²) in [6.45, 7) is 0.425. The molecule has 0 aliphatic rings. The van der Waals surface area contributed by atoms with Gasteiger partial charge < -0.3 is 9.84 Å². The molecule has 0 aliphatic heterocycles. The molecule has 0 saturated carbocycles. The number of hydrogen-bond donors (Lipinski definition) is 1. The van der Waals surface area contributed by atoms with Gasteiger partial charge in [0.2, 0.25) is 0 Å². The van der Waals surface area contributed by atoms with E-state index in [9.17, 15) is 0 Å². The number of nitrogens with zero attached hydrogens (tertiary/aromatic N) is 1. The molecule has 3 nitrogen and oxygen atoms in total. The maximum Gasteiger partial charge on any atom is 0.130 e. The third kappa shape index (κ3) is 3.32. The topological polar surface area (TPSA) is 42.4 Å². The van der Waals surface area contributed by atoms with E-state index in [4.69, 9.17) is 21.4 Å². The number of ether oxygens (including phenoxy) is 1. The van der Waals surface area contributed by atoms with E-state index >= 15 is 0 Å². The van der Waals surface area contributed by atoms with E-state index in [1.807, 2.05) is 54.6 Å². The lowest BCUT2D eigenvalue weighted by molar-refractivity contribution is 0.280. The molecule has 0 radical (unpaired) electrons. The van der Waals surface area contributed by atoms with Crippen LogP contribution < -0.4 is 4.74 Å². The molecule has 0 atom stereocenters. The van der Waals surface area contributed by atoms with Crippen LogP contribution in [-0.4, -0.2) is 10.1 Å². The summed E-state index contributed by atoms with van der Waals surface area (Å²) in [6, 6.07) is 16.9. The van der Waals surface area contributed by atoms with Crippen molar-refractivity contribution >= 4 is 22.5 Å². The van der Waals surface area contributed by atoms with E-state index < -0.39 is 0 Å². The maximum atomic E-state index is 9.00. The summed E-state index contributed by atoms with van der Waals surface area (Å²) in [6.07, 6.45) is 0. The molecule has 0 saturated heterocycles. The van der Waals surface area contributed by atoms with Crippen LogP contribution in [0.4, 0.5) is 0 Å². The minimum absolute atomic E-state index is 0.0350. The number of halogens is 1. The van der Waals surface area contributed by atoms with Crippen molar-refractivity contribution in [1.29, 1.82) is 0 Å². The molecule has 1 aromatic heterocycles. The van der Waals surface area contributed by atoms with Crippen molar-refractivity contribution in [3.8, 4) is 5.75 Å². The Bertz CT molecular complexity index is 756. The first kappa shape index (κ1) is 13.9. The van der Waals surface area contributed by atoms with Crippen LogP contribution in [0.1, 0.15) is 11.3 Å². The lowest BCUT2D eigenvalue weighted by atomic mass is 10.2. The molecule has 2 aromatic carbocycles. The smallest absolute Gasteiger partial charge is 0.130 e. The zero-order chi connectivity index (χ0) is 14.7. The zero-order valence-electron chi connectivity index (χ0n) is 11.3. The molecule has 0 unspecified atom stereocenters. The molecule has 3 rings (SSSR count). The summed E-state index contributed by atoms with van der Waals surface area (Å²) in [5.41, 5.74) is 2.57. The highest BCUT2D eigenvalue weighted by Gasteiger charge is 2.01. The highest BCUT2D eigenvalue weighted by Crippen LogP contribution is 2.19. The first-order valence-corrected chi connectivity index (χ1v) is 7.00. The largest absolute Gasteiger partial charge is 0.487 e. The predicted molar refractivity (Wildman–Crippen MR) is 83.4 cm³/mol. The van der Waals surface area contributed by atoms with E-state index in [0.29, 0.717) is 11.6 Å². The van der Waals surface area contributed by atoms with Crippen LogP contribution in [0.5, 0.6) is 5.75 Å². The molecule has 3 aromatic rings. The van der Waals surface area contributed by atoms with Crippen LogP contribution in [0.2, 0.25) is 5.02 Å². The van der Waals surface area contributed by atoms with E-state index in [1.165, 1.54) is 0 Å². The number of benzene rings is 2. The molecule has 0 fully saturated rings. The third-order valence-electron chi connectivity index (χ3n) is 3.20. The molecular formula is C17H14ClNO2. The van der Waals surface area contributed by atoms with Gasteiger partial charge in [0.15, 0.2) is 0 Å². The standard InChI is InChI=1S/C17H14ClNO2/c18-14-5-3-13-4-6-15(19-17(13)9-14)11-21-16-7-1-12(10-20)2-8-16/h1-9,20H,10-11H2. The fourth-order valence-electron chi connectivity index (χ4n) is 2.06. The Kier molecular flexibility index (Phi) is 4.04. The van der Waals surface area contributed by atoms with Crippen LogP contribution in [0.3, 0.4) is 0 Å². The highest BCUT2D eigenvalue weighted by molar-refractivity contribution is 6.31. The molecule has 1 heterocycles. The molecule has 21 heavy (non-hydrogen) atoms. The average Bonchev–Trinajstić information content (AvgIpc) is 2.53. The van der Waals surface area contributed by atoms with Crippen molar-refractivity contribution in [3.63, 3.8) is 0 Å². The minimum Gasteiger partial charge on any atom is -0.487 e. The second-order valence-electron chi connectivity index (χ2n) is 4.73. The summed E-state index contributed by atoms with van der Waals surface area (Å²) < 4.78 is 5.69. The van der Waals surface area contributed by atoms with E-state index in [2.05, 4.69) is 4.98 Å². The van der Waals surface area contributed by atoms with Gasteiger partial charge in [0.05, 0.1) is 17.8 Å². The van der Waals surface area contributed by atoms with Gasteiger partial charge in [-0.1, -0.05) is 35.9 Å². The Balaban J connectivity index is 1.74. The first-order chi connectivity index (χ1) is 10.2. The second-order valence-corrected chi connectivity index (χ2v) is 5.17. The Labute approximate surface area is 127 Å². The van der Waals surface area contributed by atoms with E-state index in [-0.39, 0.29) is 6.61 Å². The molecule has 0 aliphatic carbocycles. The van der Waals surface area contributed by atoms with Crippen LogP contribution in [0, 0.1) is 0 Å². The van der Waals surface area contributed by atoms with Gasteiger partial charge in [-0.3, -0.25) is 0 Å². The Morgan fingerprint density at radius 1 is 1.00 bits per heavy atom. The van der Waals surface area contributed by atoms with Crippen molar-refractivity contribution < 1.29 is 9.84 Å². The van der Waals surface area contributed by atoms with Crippen molar-refractivity contribution in [2.24, 2.45) is 0 Å². The summed E-state index contributed by atoms with van der Waals surface area (Å²) >= 11 is 5.98. The number of hydrogen-bond acceptors (Lipinski definition) is 3. The molecule has 106 valence electrons. The van der Waals surface area contributed by atoms with Crippen molar-refractivity contribution in [2.45, 2.75) is 13.2 Å². The SMILES string of the molecule is OCc1ccc(OCc2ccc3ccc(Cl)cc3n2)cc1. The van der Waals surface area contributed by atoms with Crippen LogP contribution in [0.25, 0.3) is 10.9 Å². The van der Waals surface area contributed by atoms with Gasteiger partial charge in [-0.25, -0.2) is 4.98 Å². The molecule has 4 heteroatoms. The molecule has 0 bridgehead atoms. The van der Waals surface area contributed by atoms with Gasteiger partial charge in [0.25, 0.3) is 0 Å². The summed E-state index contributed by atoms with van der Waals surface area (Å²) in [7, 11) is 0. The van der Waals surface area contributed by atoms with Gasteiger partial charge in [-0.15, -0.1) is 0 Å². The highest BCUT2D eigenvalue weighted by atomic mass is 35.5. The molecule has 0 amide bonds. The predicted octanol–water partition coefficient (Wildman–Crippen LogP) is 3.96. The van der Waals surface area contributed by atoms with Crippen LogP contribution in [-0.2, 0) is 13.2 Å². The van der Waals surface area contributed by atoms with Gasteiger partial charge in [-0.2, -0.15) is 0 Å². The van der Waals surface area contributed by atoms with Gasteiger partial charge >= 0.3 is 0 Å². The Hall–Kier alpha value is -2.10. The van der Waals surface area contributed by atoms with Gasteiger partial charge in [0.1, 0.15) is 12.4 Å². The molecule has 1 N–H and O–H groups in total. The summed E-state index contributed by atoms with van der Waals surface area (Å²) in [5, 5.41) is 10.7. The summed E-state index contributed by atoms with van der Waals surface area (Å²) in [5.74, 6) is 0.750. The van der Waals surface area contributed by atoms with E-state index in [1.54, 1.807) is 0 Å². The van der Waals surface area contributed by atoms with Crippen molar-refractivity contribution in [3.05, 3.63) is 70.9 Å². The lowest BCUT2D eigenvalue weighted by Crippen LogP contribution is -1.98. The Morgan fingerprint density at radius 3 is 2.52 bits per heavy atom. The number of aromatic nitrogens is 1. The van der Waals surface area contributed by atoms with Crippen molar-refractivity contribution in [2.75, 3.05) is 0 Å².